The first-order valence-corrected chi connectivity index (χ1v) is 8.44. The third-order valence-corrected chi connectivity index (χ3v) is 5.01. The summed E-state index contributed by atoms with van der Waals surface area (Å²) in [6, 6.07) is 10.2. The second-order valence-corrected chi connectivity index (χ2v) is 6.95. The van der Waals surface area contributed by atoms with Gasteiger partial charge in [0, 0.05) is 24.2 Å². The molecule has 1 amide bonds. The van der Waals surface area contributed by atoms with E-state index in [0.717, 1.165) is 27.8 Å². The number of anilines is 1. The number of aromatic nitrogens is 2. The predicted octanol–water partition coefficient (Wildman–Crippen LogP) is 3.78. The molecule has 2 aromatic carbocycles. The molecule has 2 heterocycles. The number of benzene rings is 2. The van der Waals surface area contributed by atoms with Crippen molar-refractivity contribution in [3.05, 3.63) is 52.1 Å². The summed E-state index contributed by atoms with van der Waals surface area (Å²) in [5.41, 5.74) is 3.73. The number of carbonyl (C=O) groups excluding carboxylic acids is 1. The normalized spacial score (nSPS) is 15.5. The molecule has 0 saturated heterocycles. The predicted molar refractivity (Wildman–Crippen MR) is 99.2 cm³/mol. The minimum absolute atomic E-state index is 0.0442. The van der Waals surface area contributed by atoms with E-state index in [1.807, 2.05) is 32.9 Å². The lowest BCUT2D eigenvalue weighted by molar-refractivity contribution is -0.384. The van der Waals surface area contributed by atoms with Gasteiger partial charge in [0.25, 0.3) is 5.69 Å². The molecule has 26 heavy (non-hydrogen) atoms. The van der Waals surface area contributed by atoms with Gasteiger partial charge in [-0.25, -0.2) is 4.98 Å². The lowest BCUT2D eigenvalue weighted by atomic mass is 9.86. The van der Waals surface area contributed by atoms with Gasteiger partial charge in [0.15, 0.2) is 0 Å². The molecule has 0 unspecified atom stereocenters. The number of nitrogens with zero attached hydrogens (tertiary/aromatic N) is 3. The van der Waals surface area contributed by atoms with Crippen LogP contribution in [0.2, 0.25) is 0 Å². The Labute approximate surface area is 149 Å². The molecule has 0 aliphatic carbocycles. The summed E-state index contributed by atoms with van der Waals surface area (Å²) in [6.45, 7) is 6.44. The Morgan fingerprint density at radius 1 is 1.23 bits per heavy atom. The number of non-ortho nitro benzene ring substituents is 1. The number of nitrogens with one attached hydrogen (secondary N) is 1. The zero-order valence-electron chi connectivity index (χ0n) is 14.7. The summed E-state index contributed by atoms with van der Waals surface area (Å²) in [7, 11) is 0. The van der Waals surface area contributed by atoms with Crippen molar-refractivity contribution in [1.82, 2.24) is 9.97 Å². The lowest BCUT2D eigenvalue weighted by Crippen LogP contribution is -2.35. The zero-order chi connectivity index (χ0) is 18.6. The van der Waals surface area contributed by atoms with E-state index < -0.39 is 10.3 Å². The number of H-pyrrole nitrogens is 1. The maximum atomic E-state index is 12.6. The van der Waals surface area contributed by atoms with Crippen molar-refractivity contribution in [3.8, 4) is 11.4 Å². The van der Waals surface area contributed by atoms with Crippen LogP contribution in [0.25, 0.3) is 22.4 Å². The van der Waals surface area contributed by atoms with Gasteiger partial charge in [-0.1, -0.05) is 0 Å². The number of carbonyl (C=O) groups is 1. The molecule has 7 heteroatoms. The first kappa shape index (κ1) is 16.3. The first-order chi connectivity index (χ1) is 12.3. The zero-order valence-corrected chi connectivity index (χ0v) is 14.7. The molecular formula is C19H18N4O3. The Balaban J connectivity index is 1.83. The van der Waals surface area contributed by atoms with E-state index in [1.54, 1.807) is 17.0 Å². The van der Waals surface area contributed by atoms with Crippen molar-refractivity contribution >= 4 is 28.3 Å². The summed E-state index contributed by atoms with van der Waals surface area (Å²) >= 11 is 0. The van der Waals surface area contributed by atoms with Crippen molar-refractivity contribution in [1.29, 1.82) is 0 Å². The number of nitro groups is 1. The van der Waals surface area contributed by atoms with Gasteiger partial charge in [-0.3, -0.25) is 14.9 Å². The molecular weight excluding hydrogens is 332 g/mol. The van der Waals surface area contributed by atoms with Gasteiger partial charge in [-0.05, 0) is 50.6 Å². The fourth-order valence-electron chi connectivity index (χ4n) is 3.52. The second kappa shape index (κ2) is 5.39. The van der Waals surface area contributed by atoms with Gasteiger partial charge in [-0.15, -0.1) is 0 Å². The van der Waals surface area contributed by atoms with E-state index in [4.69, 9.17) is 0 Å². The number of rotatable bonds is 3. The van der Waals surface area contributed by atoms with Crippen molar-refractivity contribution in [3.63, 3.8) is 0 Å². The molecule has 3 aromatic rings. The Morgan fingerprint density at radius 3 is 2.54 bits per heavy atom. The molecule has 1 aliphatic heterocycles. The molecule has 0 atom stereocenters. The van der Waals surface area contributed by atoms with Crippen LogP contribution in [-0.2, 0) is 10.2 Å². The first-order valence-electron chi connectivity index (χ1n) is 8.44. The summed E-state index contributed by atoms with van der Waals surface area (Å²) in [4.78, 5) is 32.7. The highest BCUT2D eigenvalue weighted by Crippen LogP contribution is 2.43. The van der Waals surface area contributed by atoms with E-state index in [0.29, 0.717) is 12.4 Å². The average Bonchev–Trinajstić information content (AvgIpc) is 3.11. The van der Waals surface area contributed by atoms with E-state index in [1.165, 1.54) is 12.1 Å². The fraction of sp³-hybridized carbons (Fsp3) is 0.263. The molecule has 1 aliphatic rings. The smallest absolute Gasteiger partial charge is 0.269 e. The number of hydrogen-bond acceptors (Lipinski definition) is 4. The van der Waals surface area contributed by atoms with Crippen LogP contribution in [0.4, 0.5) is 11.4 Å². The SMILES string of the molecule is CCN1C(=O)C(C)(C)c2cc3nc(-c4ccc([N+](=O)[O-])cc4)[nH]c3cc21. The van der Waals surface area contributed by atoms with Crippen molar-refractivity contribution in [2.45, 2.75) is 26.2 Å². The summed E-state index contributed by atoms with van der Waals surface area (Å²) in [5, 5.41) is 10.8. The summed E-state index contributed by atoms with van der Waals surface area (Å²) in [6.07, 6.45) is 0. The minimum Gasteiger partial charge on any atom is -0.338 e. The quantitative estimate of drug-likeness (QED) is 0.575. The van der Waals surface area contributed by atoms with Gasteiger partial charge in [0.1, 0.15) is 5.82 Å². The average molecular weight is 350 g/mol. The maximum absolute atomic E-state index is 12.6. The van der Waals surface area contributed by atoms with E-state index in [9.17, 15) is 14.9 Å². The van der Waals surface area contributed by atoms with Crippen LogP contribution in [0.5, 0.6) is 0 Å². The number of fused-ring (bicyclic) bond motifs is 2. The van der Waals surface area contributed by atoms with Crippen LogP contribution in [0, 0.1) is 10.1 Å². The molecule has 7 nitrogen and oxygen atoms in total. The lowest BCUT2D eigenvalue weighted by Gasteiger charge is -2.18. The number of nitro benzene ring substituents is 1. The molecule has 0 spiro atoms. The van der Waals surface area contributed by atoms with Gasteiger partial charge in [0.05, 0.1) is 27.1 Å². The molecule has 0 bridgehead atoms. The molecule has 1 aromatic heterocycles. The van der Waals surface area contributed by atoms with Gasteiger partial charge in [-0.2, -0.15) is 0 Å². The number of likely N-dealkylation sites (N-methyl/N-ethyl adjacent to an activating group) is 1. The molecule has 1 N–H and O–H groups in total. The molecule has 132 valence electrons. The van der Waals surface area contributed by atoms with Crippen LogP contribution < -0.4 is 4.90 Å². The summed E-state index contributed by atoms with van der Waals surface area (Å²) in [5.74, 6) is 0.740. The van der Waals surface area contributed by atoms with Crippen LogP contribution in [-0.4, -0.2) is 27.3 Å². The van der Waals surface area contributed by atoms with Crippen LogP contribution >= 0.6 is 0 Å². The largest absolute Gasteiger partial charge is 0.338 e. The van der Waals surface area contributed by atoms with Gasteiger partial charge in [0.2, 0.25) is 5.91 Å². The van der Waals surface area contributed by atoms with Crippen molar-refractivity contribution in [2.24, 2.45) is 0 Å². The Morgan fingerprint density at radius 2 is 1.92 bits per heavy atom. The Bertz CT molecular complexity index is 1050. The minimum atomic E-state index is -0.577. The van der Waals surface area contributed by atoms with Crippen molar-refractivity contribution in [2.75, 3.05) is 11.4 Å². The van der Waals surface area contributed by atoms with Crippen LogP contribution in [0.15, 0.2) is 36.4 Å². The van der Waals surface area contributed by atoms with E-state index >= 15 is 0 Å². The monoisotopic (exact) mass is 350 g/mol. The topological polar surface area (TPSA) is 92.1 Å². The number of imidazole rings is 1. The van der Waals surface area contributed by atoms with Gasteiger partial charge >= 0.3 is 0 Å². The van der Waals surface area contributed by atoms with E-state index in [-0.39, 0.29) is 11.6 Å². The van der Waals surface area contributed by atoms with Crippen molar-refractivity contribution < 1.29 is 9.72 Å². The highest BCUT2D eigenvalue weighted by Gasteiger charge is 2.43. The molecule has 0 fully saturated rings. The van der Waals surface area contributed by atoms with Gasteiger partial charge < -0.3 is 9.88 Å². The fourth-order valence-corrected chi connectivity index (χ4v) is 3.52. The number of hydrogen-bond donors (Lipinski definition) is 1. The van der Waals surface area contributed by atoms with Crippen LogP contribution in [0.1, 0.15) is 26.3 Å². The highest BCUT2D eigenvalue weighted by atomic mass is 16.6. The molecule has 4 rings (SSSR count). The highest BCUT2D eigenvalue weighted by molar-refractivity contribution is 6.09. The number of amides is 1. The van der Waals surface area contributed by atoms with E-state index in [2.05, 4.69) is 9.97 Å². The number of aromatic amines is 1. The standard InChI is InChI=1S/C19H18N4O3/c1-4-22-16-10-15-14(9-13(16)19(2,3)18(22)24)20-17(21-15)11-5-7-12(8-6-11)23(25)26/h5-10H,4H2,1-3H3,(H,20,21). The summed E-state index contributed by atoms with van der Waals surface area (Å²) < 4.78 is 0. The van der Waals surface area contributed by atoms with Crippen LogP contribution in [0.3, 0.4) is 0 Å². The molecule has 0 radical (unpaired) electrons. The second-order valence-electron chi connectivity index (χ2n) is 6.95. The maximum Gasteiger partial charge on any atom is 0.269 e. The Kier molecular flexibility index (Phi) is 3.37. The molecule has 0 saturated carbocycles. The Hall–Kier alpha value is -3.22. The third kappa shape index (κ3) is 2.20. The third-order valence-electron chi connectivity index (χ3n) is 5.01.